The number of rotatable bonds is 6. The molecule has 0 saturated carbocycles. The van der Waals surface area contributed by atoms with Gasteiger partial charge in [0.25, 0.3) is 5.91 Å². The molecule has 1 amide bonds. The second-order valence-corrected chi connectivity index (χ2v) is 10.0. The highest BCUT2D eigenvalue weighted by Crippen LogP contribution is 2.25. The molecule has 2 aromatic carbocycles. The Labute approximate surface area is 182 Å². The molecule has 0 spiro atoms. The van der Waals surface area contributed by atoms with Gasteiger partial charge in [0, 0.05) is 42.7 Å². The number of amides is 1. The van der Waals surface area contributed by atoms with Crippen LogP contribution in [0.4, 0.5) is 11.4 Å². The van der Waals surface area contributed by atoms with Crippen LogP contribution in [0.25, 0.3) is 0 Å². The summed E-state index contributed by atoms with van der Waals surface area (Å²) in [5.41, 5.74) is 2.68. The number of aromatic nitrogens is 2. The zero-order valence-corrected chi connectivity index (χ0v) is 18.5. The molecule has 8 heteroatoms. The smallest absolute Gasteiger partial charge is 0.255 e. The zero-order valence-electron chi connectivity index (χ0n) is 17.7. The molecule has 1 aliphatic heterocycles. The van der Waals surface area contributed by atoms with E-state index in [1.165, 1.54) is 4.31 Å². The second-order valence-electron chi connectivity index (χ2n) is 8.01. The highest BCUT2D eigenvalue weighted by Gasteiger charge is 2.28. The van der Waals surface area contributed by atoms with E-state index < -0.39 is 10.0 Å². The van der Waals surface area contributed by atoms with E-state index in [1.54, 1.807) is 30.5 Å². The summed E-state index contributed by atoms with van der Waals surface area (Å²) < 4.78 is 27.9. The molecule has 1 saturated heterocycles. The first-order valence-electron chi connectivity index (χ1n) is 10.4. The number of anilines is 2. The molecule has 0 bridgehead atoms. The lowest BCUT2D eigenvalue weighted by Gasteiger charge is -2.17. The predicted octanol–water partition coefficient (Wildman–Crippen LogP) is 3.85. The Morgan fingerprint density at radius 2 is 1.97 bits per heavy atom. The summed E-state index contributed by atoms with van der Waals surface area (Å²) in [5, 5.41) is 2.92. The fourth-order valence-electron chi connectivity index (χ4n) is 3.83. The minimum absolute atomic E-state index is 0.144. The summed E-state index contributed by atoms with van der Waals surface area (Å²) in [5.74, 6) is 1.21. The SMILES string of the molecule is CC(C)c1nccn1Cc1cccc(NC(=O)c2cccc(N3CCCS3(=O)=O)c2)c1. The van der Waals surface area contributed by atoms with Crippen molar-refractivity contribution in [3.05, 3.63) is 77.9 Å². The third-order valence-electron chi connectivity index (χ3n) is 5.30. The van der Waals surface area contributed by atoms with Crippen molar-refractivity contribution in [3.63, 3.8) is 0 Å². The number of benzene rings is 2. The lowest BCUT2D eigenvalue weighted by atomic mass is 10.1. The first kappa shape index (κ1) is 21.1. The second kappa shape index (κ2) is 8.55. The minimum Gasteiger partial charge on any atom is -0.330 e. The number of carbonyl (C=O) groups is 1. The third-order valence-corrected chi connectivity index (χ3v) is 7.17. The van der Waals surface area contributed by atoms with Gasteiger partial charge in [-0.05, 0) is 42.3 Å². The minimum atomic E-state index is -3.29. The van der Waals surface area contributed by atoms with Crippen LogP contribution in [0.3, 0.4) is 0 Å². The molecule has 31 heavy (non-hydrogen) atoms. The molecule has 1 aliphatic rings. The number of nitrogens with zero attached hydrogens (tertiary/aromatic N) is 3. The molecular formula is C23H26N4O3S. The van der Waals surface area contributed by atoms with Crippen LogP contribution in [0.15, 0.2) is 60.9 Å². The molecule has 7 nitrogen and oxygen atoms in total. The number of nitrogens with one attached hydrogen (secondary N) is 1. The van der Waals surface area contributed by atoms with Crippen molar-refractivity contribution in [1.29, 1.82) is 0 Å². The van der Waals surface area contributed by atoms with Crippen LogP contribution in [0.1, 0.15) is 47.9 Å². The van der Waals surface area contributed by atoms with Crippen molar-refractivity contribution in [3.8, 4) is 0 Å². The summed E-state index contributed by atoms with van der Waals surface area (Å²) in [6.45, 7) is 5.33. The average molecular weight is 439 g/mol. The van der Waals surface area contributed by atoms with E-state index >= 15 is 0 Å². The normalized spacial score (nSPS) is 15.4. The van der Waals surface area contributed by atoms with Gasteiger partial charge >= 0.3 is 0 Å². The fourth-order valence-corrected chi connectivity index (χ4v) is 5.39. The Hall–Kier alpha value is -3.13. The van der Waals surface area contributed by atoms with Crippen molar-refractivity contribution in [2.75, 3.05) is 21.9 Å². The number of imidazole rings is 1. The van der Waals surface area contributed by atoms with Crippen LogP contribution < -0.4 is 9.62 Å². The Balaban J connectivity index is 1.50. The largest absolute Gasteiger partial charge is 0.330 e. The molecule has 1 fully saturated rings. The fraction of sp³-hybridized carbons (Fsp3) is 0.304. The Morgan fingerprint density at radius 3 is 2.71 bits per heavy atom. The summed E-state index contributed by atoms with van der Waals surface area (Å²) >= 11 is 0. The molecule has 162 valence electrons. The van der Waals surface area contributed by atoms with Gasteiger partial charge in [-0.15, -0.1) is 0 Å². The van der Waals surface area contributed by atoms with Gasteiger partial charge < -0.3 is 9.88 Å². The van der Waals surface area contributed by atoms with E-state index in [0.717, 1.165) is 11.4 Å². The summed E-state index contributed by atoms with van der Waals surface area (Å²) in [6, 6.07) is 14.4. The van der Waals surface area contributed by atoms with Gasteiger partial charge in [-0.1, -0.05) is 32.0 Å². The molecule has 4 rings (SSSR count). The van der Waals surface area contributed by atoms with Crippen molar-refractivity contribution in [1.82, 2.24) is 9.55 Å². The monoisotopic (exact) mass is 438 g/mol. The van der Waals surface area contributed by atoms with E-state index in [2.05, 4.69) is 28.7 Å². The summed E-state index contributed by atoms with van der Waals surface area (Å²) in [4.78, 5) is 17.2. The zero-order chi connectivity index (χ0) is 22.0. The maximum Gasteiger partial charge on any atom is 0.255 e. The van der Waals surface area contributed by atoms with Gasteiger partial charge in [0.15, 0.2) is 0 Å². The first-order valence-corrected chi connectivity index (χ1v) is 12.0. The molecule has 0 aliphatic carbocycles. The van der Waals surface area contributed by atoms with E-state index in [4.69, 9.17) is 0 Å². The van der Waals surface area contributed by atoms with Crippen molar-refractivity contribution in [2.24, 2.45) is 0 Å². The van der Waals surface area contributed by atoms with E-state index in [1.807, 2.05) is 30.5 Å². The van der Waals surface area contributed by atoms with Crippen LogP contribution >= 0.6 is 0 Å². The summed E-state index contributed by atoms with van der Waals surface area (Å²) in [7, 11) is -3.29. The maximum absolute atomic E-state index is 12.8. The molecule has 3 aromatic rings. The molecule has 0 atom stereocenters. The molecule has 0 radical (unpaired) electrons. The van der Waals surface area contributed by atoms with Gasteiger partial charge in [-0.3, -0.25) is 9.10 Å². The summed E-state index contributed by atoms with van der Waals surface area (Å²) in [6.07, 6.45) is 4.36. The standard InChI is InChI=1S/C23H26N4O3S/c1-17(2)22-24-10-12-26(22)16-18-6-3-8-20(14-18)25-23(28)19-7-4-9-21(15-19)27-11-5-13-31(27,29)30/h3-4,6-10,12,14-15,17H,5,11,13,16H2,1-2H3,(H,25,28). The van der Waals surface area contributed by atoms with E-state index in [-0.39, 0.29) is 11.7 Å². The number of hydrogen-bond donors (Lipinski definition) is 1. The highest BCUT2D eigenvalue weighted by atomic mass is 32.2. The van der Waals surface area contributed by atoms with Gasteiger partial charge in [-0.2, -0.15) is 0 Å². The highest BCUT2D eigenvalue weighted by molar-refractivity contribution is 7.93. The quantitative estimate of drug-likeness (QED) is 0.634. The van der Waals surface area contributed by atoms with Gasteiger partial charge in [-0.25, -0.2) is 13.4 Å². The number of carbonyl (C=O) groups excluding carboxylic acids is 1. The van der Waals surface area contributed by atoms with Gasteiger partial charge in [0.2, 0.25) is 10.0 Å². The Kier molecular flexibility index (Phi) is 5.82. The molecule has 1 aromatic heterocycles. The van der Waals surface area contributed by atoms with Crippen LogP contribution in [0, 0.1) is 0 Å². The van der Waals surface area contributed by atoms with Crippen LogP contribution in [0.2, 0.25) is 0 Å². The Bertz CT molecular complexity index is 1200. The van der Waals surface area contributed by atoms with Crippen molar-refractivity contribution >= 4 is 27.3 Å². The first-order chi connectivity index (χ1) is 14.8. The lowest BCUT2D eigenvalue weighted by molar-refractivity contribution is 0.102. The molecule has 0 unspecified atom stereocenters. The van der Waals surface area contributed by atoms with Crippen molar-refractivity contribution < 1.29 is 13.2 Å². The number of hydrogen-bond acceptors (Lipinski definition) is 4. The topological polar surface area (TPSA) is 84.3 Å². The molecule has 1 N–H and O–H groups in total. The third kappa shape index (κ3) is 4.64. The van der Waals surface area contributed by atoms with Gasteiger partial charge in [0.1, 0.15) is 5.82 Å². The Morgan fingerprint density at radius 1 is 1.16 bits per heavy atom. The molecular weight excluding hydrogens is 412 g/mol. The number of sulfonamides is 1. The van der Waals surface area contributed by atoms with Gasteiger partial charge in [0.05, 0.1) is 11.4 Å². The average Bonchev–Trinajstić information content (AvgIpc) is 3.34. The molecule has 2 heterocycles. The predicted molar refractivity (Wildman–Crippen MR) is 122 cm³/mol. The maximum atomic E-state index is 12.8. The van der Waals surface area contributed by atoms with Crippen LogP contribution in [-0.2, 0) is 16.6 Å². The lowest BCUT2D eigenvalue weighted by Crippen LogP contribution is -2.25. The van der Waals surface area contributed by atoms with Crippen molar-refractivity contribution in [2.45, 2.75) is 32.7 Å². The van der Waals surface area contributed by atoms with Crippen LogP contribution in [-0.4, -0.2) is 36.2 Å². The van der Waals surface area contributed by atoms with Crippen LogP contribution in [0.5, 0.6) is 0 Å². The van der Waals surface area contributed by atoms with E-state index in [9.17, 15) is 13.2 Å². The van der Waals surface area contributed by atoms with E-state index in [0.29, 0.717) is 42.4 Å².